The van der Waals surface area contributed by atoms with Gasteiger partial charge in [0.2, 0.25) is 0 Å². The minimum Gasteiger partial charge on any atom is -0.460 e. The van der Waals surface area contributed by atoms with Gasteiger partial charge in [0.05, 0.1) is 0 Å². The average molecular weight is 237 g/mol. The standard InChI is InChI=1S/C12H15NO4/c1-2-10(12(15)17-13)11(14)16-8-9-6-4-3-5-7-9/h3-7,10H,2,8,13H2,1H3. The largest absolute Gasteiger partial charge is 0.460 e. The van der Waals surface area contributed by atoms with Crippen molar-refractivity contribution < 1.29 is 19.2 Å². The van der Waals surface area contributed by atoms with Gasteiger partial charge < -0.3 is 9.57 Å². The summed E-state index contributed by atoms with van der Waals surface area (Å²) in [5, 5.41) is 0. The van der Waals surface area contributed by atoms with Crippen LogP contribution in [-0.4, -0.2) is 11.9 Å². The van der Waals surface area contributed by atoms with Crippen LogP contribution in [-0.2, 0) is 25.8 Å². The molecule has 0 fully saturated rings. The maximum Gasteiger partial charge on any atom is 0.338 e. The van der Waals surface area contributed by atoms with Gasteiger partial charge in [0, 0.05) is 0 Å². The fourth-order valence-corrected chi connectivity index (χ4v) is 1.34. The van der Waals surface area contributed by atoms with Crippen molar-refractivity contribution in [3.8, 4) is 0 Å². The Hall–Kier alpha value is -1.88. The van der Waals surface area contributed by atoms with Gasteiger partial charge in [-0.25, -0.2) is 4.79 Å². The Balaban J connectivity index is 2.51. The number of rotatable bonds is 5. The first-order valence-corrected chi connectivity index (χ1v) is 5.30. The topological polar surface area (TPSA) is 78.6 Å². The molecule has 0 bridgehead atoms. The molecule has 0 heterocycles. The number of nitrogens with two attached hydrogens (primary N) is 1. The number of hydrogen-bond acceptors (Lipinski definition) is 5. The molecule has 1 atom stereocenters. The highest BCUT2D eigenvalue weighted by molar-refractivity contribution is 5.94. The second-order valence-corrected chi connectivity index (χ2v) is 3.49. The van der Waals surface area contributed by atoms with Gasteiger partial charge in [0.15, 0.2) is 5.92 Å². The maximum atomic E-state index is 11.6. The molecule has 0 saturated carbocycles. The molecule has 0 spiro atoms. The van der Waals surface area contributed by atoms with E-state index in [2.05, 4.69) is 4.84 Å². The summed E-state index contributed by atoms with van der Waals surface area (Å²) in [4.78, 5) is 26.8. The third-order valence-corrected chi connectivity index (χ3v) is 2.32. The normalized spacial score (nSPS) is 11.6. The lowest BCUT2D eigenvalue weighted by Crippen LogP contribution is -2.29. The molecular weight excluding hydrogens is 222 g/mol. The summed E-state index contributed by atoms with van der Waals surface area (Å²) in [5.74, 6) is 2.39. The van der Waals surface area contributed by atoms with Crippen LogP contribution >= 0.6 is 0 Å². The van der Waals surface area contributed by atoms with Gasteiger partial charge in [-0.2, -0.15) is 5.90 Å². The number of benzene rings is 1. The first-order chi connectivity index (χ1) is 8.19. The molecule has 0 saturated heterocycles. The third-order valence-electron chi connectivity index (χ3n) is 2.32. The van der Waals surface area contributed by atoms with Crippen molar-refractivity contribution in [2.24, 2.45) is 11.8 Å². The van der Waals surface area contributed by atoms with Crippen molar-refractivity contribution in [2.75, 3.05) is 0 Å². The Morgan fingerprint density at radius 2 is 1.88 bits per heavy atom. The Kier molecular flexibility index (Phi) is 5.16. The fourth-order valence-electron chi connectivity index (χ4n) is 1.34. The number of ether oxygens (including phenoxy) is 1. The molecule has 1 unspecified atom stereocenters. The molecule has 0 radical (unpaired) electrons. The summed E-state index contributed by atoms with van der Waals surface area (Å²) in [7, 11) is 0. The first-order valence-electron chi connectivity index (χ1n) is 5.30. The summed E-state index contributed by atoms with van der Waals surface area (Å²) in [6, 6.07) is 9.21. The van der Waals surface area contributed by atoms with Crippen molar-refractivity contribution in [1.82, 2.24) is 0 Å². The quantitative estimate of drug-likeness (QED) is 0.472. The van der Waals surface area contributed by atoms with E-state index in [1.165, 1.54) is 0 Å². The van der Waals surface area contributed by atoms with E-state index in [0.29, 0.717) is 6.42 Å². The smallest absolute Gasteiger partial charge is 0.338 e. The van der Waals surface area contributed by atoms with Gasteiger partial charge in [0.1, 0.15) is 6.61 Å². The van der Waals surface area contributed by atoms with Crippen molar-refractivity contribution in [1.29, 1.82) is 0 Å². The molecular formula is C12H15NO4. The highest BCUT2D eigenvalue weighted by Crippen LogP contribution is 2.09. The van der Waals surface area contributed by atoms with Crippen LogP contribution in [0.5, 0.6) is 0 Å². The van der Waals surface area contributed by atoms with Gasteiger partial charge in [0.25, 0.3) is 0 Å². The van der Waals surface area contributed by atoms with Gasteiger partial charge in [-0.3, -0.25) is 4.79 Å². The molecule has 1 rings (SSSR count). The Morgan fingerprint density at radius 3 is 2.41 bits per heavy atom. The number of esters is 1. The fraction of sp³-hybridized carbons (Fsp3) is 0.333. The van der Waals surface area contributed by atoms with E-state index < -0.39 is 17.9 Å². The van der Waals surface area contributed by atoms with Gasteiger partial charge in [-0.1, -0.05) is 37.3 Å². The lowest BCUT2D eigenvalue weighted by molar-refractivity contribution is -0.163. The summed E-state index contributed by atoms with van der Waals surface area (Å²) < 4.78 is 5.01. The van der Waals surface area contributed by atoms with Crippen LogP contribution < -0.4 is 5.90 Å². The molecule has 0 aromatic heterocycles. The summed E-state index contributed by atoms with van der Waals surface area (Å²) in [6.45, 7) is 1.82. The van der Waals surface area contributed by atoms with E-state index in [4.69, 9.17) is 10.6 Å². The van der Waals surface area contributed by atoms with E-state index in [9.17, 15) is 9.59 Å². The monoisotopic (exact) mass is 237 g/mol. The predicted molar refractivity (Wildman–Crippen MR) is 60.3 cm³/mol. The Labute approximate surface area is 99.5 Å². The van der Waals surface area contributed by atoms with E-state index in [-0.39, 0.29) is 6.61 Å². The molecule has 0 aliphatic heterocycles. The van der Waals surface area contributed by atoms with Gasteiger partial charge in [-0.15, -0.1) is 0 Å². The molecule has 5 heteroatoms. The molecule has 0 amide bonds. The lowest BCUT2D eigenvalue weighted by Gasteiger charge is -2.11. The zero-order valence-electron chi connectivity index (χ0n) is 9.59. The average Bonchev–Trinajstić information content (AvgIpc) is 2.38. The molecule has 0 aliphatic rings. The second-order valence-electron chi connectivity index (χ2n) is 3.49. The molecule has 92 valence electrons. The minimum absolute atomic E-state index is 0.133. The zero-order chi connectivity index (χ0) is 12.7. The van der Waals surface area contributed by atoms with Crippen molar-refractivity contribution in [3.63, 3.8) is 0 Å². The van der Waals surface area contributed by atoms with Crippen LogP contribution in [0.15, 0.2) is 30.3 Å². The van der Waals surface area contributed by atoms with Crippen molar-refractivity contribution >= 4 is 11.9 Å². The van der Waals surface area contributed by atoms with Gasteiger partial charge >= 0.3 is 11.9 Å². The van der Waals surface area contributed by atoms with Crippen LogP contribution in [0.4, 0.5) is 0 Å². The third kappa shape index (κ3) is 3.88. The van der Waals surface area contributed by atoms with Gasteiger partial charge in [-0.05, 0) is 12.0 Å². The Bertz CT molecular complexity index is 377. The highest BCUT2D eigenvalue weighted by Gasteiger charge is 2.27. The summed E-state index contributed by atoms with van der Waals surface area (Å²) in [5.41, 5.74) is 0.858. The molecule has 5 nitrogen and oxygen atoms in total. The first kappa shape index (κ1) is 13.2. The van der Waals surface area contributed by atoms with Crippen molar-refractivity contribution in [3.05, 3.63) is 35.9 Å². The number of carbonyl (C=O) groups excluding carboxylic acids is 2. The van der Waals surface area contributed by atoms with E-state index in [1.807, 2.05) is 30.3 Å². The van der Waals surface area contributed by atoms with Crippen LogP contribution in [0.25, 0.3) is 0 Å². The second kappa shape index (κ2) is 6.65. The van der Waals surface area contributed by atoms with E-state index in [1.54, 1.807) is 6.92 Å². The van der Waals surface area contributed by atoms with Crippen LogP contribution in [0.1, 0.15) is 18.9 Å². The number of hydrogen-bond donors (Lipinski definition) is 1. The lowest BCUT2D eigenvalue weighted by atomic mass is 10.1. The molecule has 1 aromatic rings. The minimum atomic E-state index is -0.955. The maximum absolute atomic E-state index is 11.6. The predicted octanol–water partition coefficient (Wildman–Crippen LogP) is 1.17. The molecule has 1 aromatic carbocycles. The molecule has 0 aliphatic carbocycles. The Morgan fingerprint density at radius 1 is 1.24 bits per heavy atom. The SMILES string of the molecule is CCC(C(=O)ON)C(=O)OCc1ccccc1. The van der Waals surface area contributed by atoms with E-state index >= 15 is 0 Å². The van der Waals surface area contributed by atoms with Crippen molar-refractivity contribution in [2.45, 2.75) is 20.0 Å². The zero-order valence-corrected chi connectivity index (χ0v) is 9.59. The highest BCUT2D eigenvalue weighted by atomic mass is 16.7. The van der Waals surface area contributed by atoms with E-state index in [0.717, 1.165) is 5.56 Å². The van der Waals surface area contributed by atoms with Crippen LogP contribution in [0.2, 0.25) is 0 Å². The number of carbonyl (C=O) groups is 2. The molecule has 2 N–H and O–H groups in total. The van der Waals surface area contributed by atoms with Crippen LogP contribution in [0, 0.1) is 5.92 Å². The summed E-state index contributed by atoms with van der Waals surface area (Å²) in [6.07, 6.45) is 0.295. The molecule has 17 heavy (non-hydrogen) atoms. The van der Waals surface area contributed by atoms with Crippen LogP contribution in [0.3, 0.4) is 0 Å². The summed E-state index contributed by atoms with van der Waals surface area (Å²) >= 11 is 0.